The van der Waals surface area contributed by atoms with E-state index in [1.807, 2.05) is 0 Å². The van der Waals surface area contributed by atoms with Gasteiger partial charge in [-0.25, -0.2) is 0 Å². The van der Waals surface area contributed by atoms with E-state index in [9.17, 15) is 9.36 Å². The zero-order chi connectivity index (χ0) is 8.20. The van der Waals surface area contributed by atoms with Crippen LogP contribution in [0.25, 0.3) is 0 Å². The van der Waals surface area contributed by atoms with Crippen LogP contribution in [0.5, 0.6) is 0 Å². The van der Waals surface area contributed by atoms with Gasteiger partial charge < -0.3 is 14.7 Å². The molecule has 0 aromatic heterocycles. The number of ether oxygens (including phenoxy) is 1. The van der Waals surface area contributed by atoms with Gasteiger partial charge in [0, 0.05) is 6.92 Å². The van der Waals surface area contributed by atoms with Crippen LogP contribution in [0, 0.1) is 0 Å². The Bertz CT molecular complexity index is 165. The Hall–Kier alpha value is -0.380. The Morgan fingerprint density at radius 1 is 1.70 bits per heavy atom. The molecule has 0 aromatic carbocycles. The molecule has 0 fully saturated rings. The molecule has 5 nitrogen and oxygen atoms in total. The maximum atomic E-state index is 10.5. The van der Waals surface area contributed by atoms with Gasteiger partial charge in [0.1, 0.15) is 6.35 Å². The predicted octanol–water partition coefficient (Wildman–Crippen LogP) is -0.273. The van der Waals surface area contributed by atoms with Crippen molar-refractivity contribution in [2.24, 2.45) is 0 Å². The predicted molar refractivity (Wildman–Crippen MR) is 33.5 cm³/mol. The molecule has 0 saturated heterocycles. The van der Waals surface area contributed by atoms with Crippen molar-refractivity contribution < 1.29 is 24.1 Å². The first-order valence-electron chi connectivity index (χ1n) is 2.53. The van der Waals surface area contributed by atoms with E-state index in [0.717, 1.165) is 6.92 Å². The molecule has 2 N–H and O–H groups in total. The number of rotatable bonds is 3. The number of esters is 1. The van der Waals surface area contributed by atoms with Crippen molar-refractivity contribution in [1.82, 2.24) is 0 Å². The van der Waals surface area contributed by atoms with Crippen LogP contribution in [0.15, 0.2) is 0 Å². The highest BCUT2D eigenvalue weighted by Gasteiger charge is 2.17. The lowest BCUT2D eigenvalue weighted by Gasteiger charge is -2.06. The van der Waals surface area contributed by atoms with Gasteiger partial charge in [-0.15, -0.1) is 0 Å². The number of aliphatic hydroxyl groups excluding tert-OH is 1. The fourth-order valence-electron chi connectivity index (χ4n) is 0.233. The van der Waals surface area contributed by atoms with Gasteiger partial charge in [-0.3, -0.25) is 9.36 Å². The van der Waals surface area contributed by atoms with Gasteiger partial charge in [0.15, 0.2) is 6.35 Å². The van der Waals surface area contributed by atoms with Crippen molar-refractivity contribution >= 4 is 13.3 Å². The molecule has 0 amide bonds. The molecule has 0 aromatic rings. The topological polar surface area (TPSA) is 83.8 Å². The number of hydrogen-bond donors (Lipinski definition) is 2. The number of carbonyl (C=O) groups is 1. The van der Waals surface area contributed by atoms with E-state index >= 15 is 0 Å². The SMILES string of the molecule is CC(=O)OCP(=O)(O)CO. The Morgan fingerprint density at radius 2 is 2.20 bits per heavy atom. The fourth-order valence-corrected chi connectivity index (χ4v) is 0.698. The molecule has 60 valence electrons. The fraction of sp³-hybridized carbons (Fsp3) is 0.750. The van der Waals surface area contributed by atoms with Crippen LogP contribution in [-0.2, 0) is 14.1 Å². The van der Waals surface area contributed by atoms with Gasteiger partial charge in [-0.2, -0.15) is 0 Å². The standard InChI is InChI=1S/C4H9O5P/c1-4(6)9-3-10(7,8)2-5/h5H,2-3H2,1H3,(H,7,8). The van der Waals surface area contributed by atoms with E-state index in [1.165, 1.54) is 0 Å². The minimum Gasteiger partial charge on any atom is -0.455 e. The normalized spacial score (nSPS) is 15.9. The van der Waals surface area contributed by atoms with E-state index in [1.54, 1.807) is 0 Å². The molecule has 0 rings (SSSR count). The average molecular weight is 168 g/mol. The van der Waals surface area contributed by atoms with Gasteiger partial charge in [0.25, 0.3) is 7.37 Å². The highest BCUT2D eigenvalue weighted by Crippen LogP contribution is 2.38. The minimum atomic E-state index is -3.61. The summed E-state index contributed by atoms with van der Waals surface area (Å²) in [4.78, 5) is 18.7. The van der Waals surface area contributed by atoms with Crippen molar-refractivity contribution in [1.29, 1.82) is 0 Å². The second-order valence-corrected chi connectivity index (χ2v) is 3.99. The second-order valence-electron chi connectivity index (χ2n) is 1.75. The van der Waals surface area contributed by atoms with E-state index in [0.29, 0.717) is 0 Å². The third-order valence-corrected chi connectivity index (χ3v) is 1.67. The second kappa shape index (κ2) is 3.71. The first-order chi connectivity index (χ1) is 4.48. The number of aliphatic hydroxyl groups is 1. The van der Waals surface area contributed by atoms with E-state index in [-0.39, 0.29) is 0 Å². The van der Waals surface area contributed by atoms with Crippen LogP contribution in [-0.4, -0.2) is 28.7 Å². The summed E-state index contributed by atoms with van der Waals surface area (Å²) < 4.78 is 14.7. The molecule has 10 heavy (non-hydrogen) atoms. The zero-order valence-corrected chi connectivity index (χ0v) is 6.38. The van der Waals surface area contributed by atoms with Crippen LogP contribution in [0.2, 0.25) is 0 Å². The smallest absolute Gasteiger partial charge is 0.303 e. The lowest BCUT2D eigenvalue weighted by Crippen LogP contribution is -2.03. The van der Waals surface area contributed by atoms with Crippen molar-refractivity contribution in [2.45, 2.75) is 6.92 Å². The molecule has 0 spiro atoms. The number of carbonyl (C=O) groups excluding carboxylic acids is 1. The van der Waals surface area contributed by atoms with Crippen molar-refractivity contribution in [3.63, 3.8) is 0 Å². The Labute approximate surface area is 58.1 Å². The minimum absolute atomic E-state index is 0.612. The Morgan fingerprint density at radius 3 is 2.50 bits per heavy atom. The lowest BCUT2D eigenvalue weighted by molar-refractivity contribution is -0.139. The molecule has 0 radical (unpaired) electrons. The zero-order valence-electron chi connectivity index (χ0n) is 5.48. The first kappa shape index (κ1) is 9.62. The molecule has 1 atom stereocenters. The van der Waals surface area contributed by atoms with Crippen molar-refractivity contribution in [2.75, 3.05) is 12.7 Å². The van der Waals surface area contributed by atoms with Gasteiger partial charge in [0.05, 0.1) is 0 Å². The quantitative estimate of drug-likeness (QED) is 0.447. The largest absolute Gasteiger partial charge is 0.455 e. The Balaban J connectivity index is 3.68. The molecule has 6 heteroatoms. The summed E-state index contributed by atoms with van der Waals surface area (Å²) in [7, 11) is -3.61. The maximum absolute atomic E-state index is 10.5. The van der Waals surface area contributed by atoms with Gasteiger partial charge in [0.2, 0.25) is 0 Å². The summed E-state index contributed by atoms with van der Waals surface area (Å²) in [6, 6.07) is 0. The highest BCUT2D eigenvalue weighted by molar-refractivity contribution is 7.57. The van der Waals surface area contributed by atoms with Crippen LogP contribution in [0.3, 0.4) is 0 Å². The Kier molecular flexibility index (Phi) is 3.57. The van der Waals surface area contributed by atoms with Crippen LogP contribution in [0.4, 0.5) is 0 Å². The average Bonchev–Trinajstić information content (AvgIpc) is 1.85. The molecule has 0 aliphatic carbocycles. The van der Waals surface area contributed by atoms with Crippen molar-refractivity contribution in [3.8, 4) is 0 Å². The summed E-state index contributed by atoms with van der Waals surface area (Å²) in [6.45, 7) is 1.12. The van der Waals surface area contributed by atoms with E-state index in [2.05, 4.69) is 4.74 Å². The summed E-state index contributed by atoms with van der Waals surface area (Å²) in [5, 5.41) is 8.20. The van der Waals surface area contributed by atoms with Crippen LogP contribution in [0.1, 0.15) is 6.92 Å². The summed E-state index contributed by atoms with van der Waals surface area (Å²) in [5.41, 5.74) is 0. The summed E-state index contributed by atoms with van der Waals surface area (Å²) in [5.74, 6) is -0.636. The first-order valence-corrected chi connectivity index (χ1v) is 4.56. The summed E-state index contributed by atoms with van der Waals surface area (Å²) in [6.07, 6.45) is -1.47. The monoisotopic (exact) mass is 168 g/mol. The highest BCUT2D eigenvalue weighted by atomic mass is 31.2. The van der Waals surface area contributed by atoms with Crippen molar-refractivity contribution in [3.05, 3.63) is 0 Å². The van der Waals surface area contributed by atoms with Gasteiger partial charge >= 0.3 is 5.97 Å². The van der Waals surface area contributed by atoms with Gasteiger partial charge in [-0.05, 0) is 0 Å². The molecule has 0 aliphatic rings. The molecule has 0 heterocycles. The molecular weight excluding hydrogens is 159 g/mol. The third-order valence-electron chi connectivity index (χ3n) is 0.691. The molecular formula is C4H9O5P. The molecule has 0 saturated carbocycles. The summed E-state index contributed by atoms with van der Waals surface area (Å²) >= 11 is 0. The van der Waals surface area contributed by atoms with Crippen LogP contribution >= 0.6 is 7.37 Å². The van der Waals surface area contributed by atoms with Crippen LogP contribution < -0.4 is 0 Å². The van der Waals surface area contributed by atoms with Gasteiger partial charge in [-0.1, -0.05) is 0 Å². The third kappa shape index (κ3) is 4.49. The molecule has 1 unspecified atom stereocenters. The van der Waals surface area contributed by atoms with E-state index in [4.69, 9.17) is 10.00 Å². The van der Waals surface area contributed by atoms with E-state index < -0.39 is 26.0 Å². The molecule has 0 bridgehead atoms. The molecule has 0 aliphatic heterocycles. The lowest BCUT2D eigenvalue weighted by atomic mass is 10.8. The number of hydrogen-bond acceptors (Lipinski definition) is 4. The maximum Gasteiger partial charge on any atom is 0.303 e.